The number of carbonyl (C=O) groups is 1. The summed E-state index contributed by atoms with van der Waals surface area (Å²) in [7, 11) is 2.74. The van der Waals surface area contributed by atoms with E-state index in [4.69, 9.17) is 9.97 Å². The minimum absolute atomic E-state index is 0.255. The van der Waals surface area contributed by atoms with E-state index in [0.29, 0.717) is 18.9 Å². The molecule has 0 radical (unpaired) electrons. The summed E-state index contributed by atoms with van der Waals surface area (Å²) in [6, 6.07) is 9.10. The van der Waals surface area contributed by atoms with Gasteiger partial charge in [0.1, 0.15) is 11.5 Å². The van der Waals surface area contributed by atoms with Gasteiger partial charge >= 0.3 is 0 Å². The quantitative estimate of drug-likeness (QED) is 0.0753. The van der Waals surface area contributed by atoms with Crippen LogP contribution in [0.2, 0.25) is 0 Å². The molecule has 1 saturated carbocycles. The van der Waals surface area contributed by atoms with Crippen LogP contribution >= 0.6 is 9.24 Å². The fraction of sp³-hybridized carbons (Fsp3) is 0.694. The lowest BCUT2D eigenvalue weighted by atomic mass is 9.95. The number of rotatable bonds is 22. The first-order valence-corrected chi connectivity index (χ1v) is 19.8. The number of benzene rings is 1. The summed E-state index contributed by atoms with van der Waals surface area (Å²) in [5.74, 6) is 1.68. The Balaban J connectivity index is 1.00. The van der Waals surface area contributed by atoms with E-state index < -0.39 is 0 Å². The molecule has 5 N–H and O–H groups in total. The Kier molecular flexibility index (Phi) is 16.3. The minimum Gasteiger partial charge on any atom is -0.367 e. The van der Waals surface area contributed by atoms with Gasteiger partial charge in [0.25, 0.3) is 0 Å². The molecule has 1 amide bonds. The molecule has 2 fully saturated rings. The van der Waals surface area contributed by atoms with Gasteiger partial charge in [-0.15, -0.1) is 14.3 Å². The fourth-order valence-corrected chi connectivity index (χ4v) is 7.04. The molecule has 3 heterocycles. The van der Waals surface area contributed by atoms with Crippen LogP contribution in [0.25, 0.3) is 10.9 Å². The molecule has 2 aromatic heterocycles. The Morgan fingerprint density at radius 2 is 1.63 bits per heavy atom. The fourth-order valence-electron chi connectivity index (χ4n) is 6.84. The molecule has 1 unspecified atom stereocenters. The average molecular weight is 694 g/mol. The van der Waals surface area contributed by atoms with Crippen molar-refractivity contribution >= 4 is 37.8 Å². The summed E-state index contributed by atoms with van der Waals surface area (Å²) < 4.78 is 1.92. The summed E-state index contributed by atoms with van der Waals surface area (Å²) in [5.41, 5.74) is 1.75. The Hall–Kier alpha value is -2.92. The summed E-state index contributed by atoms with van der Waals surface area (Å²) in [6.07, 6.45) is 17.8. The van der Waals surface area contributed by atoms with Gasteiger partial charge in [-0.2, -0.15) is 4.98 Å². The lowest BCUT2D eigenvalue weighted by Crippen LogP contribution is -2.42. The lowest BCUT2D eigenvalue weighted by Gasteiger charge is -2.33. The highest BCUT2D eigenvalue weighted by atomic mass is 31.0. The number of para-hydroxylation sites is 1. The Labute approximate surface area is 295 Å². The van der Waals surface area contributed by atoms with Crippen LogP contribution in [0.15, 0.2) is 30.5 Å². The SMILES string of the molecule is O=C(CCCCCNCCP)N1CCC(Nc2nc(NCc3cn(CCCNCCCNC4CCCCC4)nn3)nc3ccccc23)CC1. The van der Waals surface area contributed by atoms with Gasteiger partial charge in [-0.1, -0.05) is 43.0 Å². The second-order valence-electron chi connectivity index (χ2n) is 13.6. The maximum Gasteiger partial charge on any atom is 0.225 e. The van der Waals surface area contributed by atoms with Gasteiger partial charge < -0.3 is 31.5 Å². The number of aryl methyl sites for hydroxylation is 1. The molecule has 12 nitrogen and oxygen atoms in total. The van der Waals surface area contributed by atoms with E-state index in [1.807, 2.05) is 34.0 Å². The predicted octanol–water partition coefficient (Wildman–Crippen LogP) is 4.55. The van der Waals surface area contributed by atoms with Gasteiger partial charge in [-0.3, -0.25) is 9.48 Å². The first-order chi connectivity index (χ1) is 24.2. The monoisotopic (exact) mass is 693 g/mol. The first kappa shape index (κ1) is 37.3. The van der Waals surface area contributed by atoms with Crippen LogP contribution in [-0.2, 0) is 17.9 Å². The number of carbonyl (C=O) groups excluding carboxylic acids is 1. The van der Waals surface area contributed by atoms with Crippen molar-refractivity contribution in [2.45, 2.75) is 109 Å². The molecule has 13 heteroatoms. The number of aromatic nitrogens is 5. The molecule has 2 aliphatic rings. The van der Waals surface area contributed by atoms with Crippen molar-refractivity contribution in [3.05, 3.63) is 36.2 Å². The molecule has 270 valence electrons. The standard InChI is InChI=1S/C36H60N11OP/c48-34(15-5-2-8-18-38-22-26-49)46-24-16-30(17-25-46)41-35-32-13-6-7-14-33(32)42-36(43-35)40-27-31-28-47(45-44-31)23-10-20-37-19-9-21-39-29-11-3-1-4-12-29/h6-7,13-14,28-30,37-39H,1-5,8-12,15-27,49H2,(H2,40,41,42,43). The van der Waals surface area contributed by atoms with Crippen LogP contribution in [0.1, 0.15) is 89.2 Å². The third kappa shape index (κ3) is 13.0. The number of hydrogen-bond donors (Lipinski definition) is 5. The van der Waals surface area contributed by atoms with Crippen LogP contribution < -0.4 is 26.6 Å². The van der Waals surface area contributed by atoms with Gasteiger partial charge in [0.2, 0.25) is 11.9 Å². The highest BCUT2D eigenvalue weighted by molar-refractivity contribution is 7.16. The molecule has 0 spiro atoms. The van der Waals surface area contributed by atoms with Crippen molar-refractivity contribution in [3.8, 4) is 0 Å². The zero-order chi connectivity index (χ0) is 33.9. The summed E-state index contributed by atoms with van der Waals surface area (Å²) >= 11 is 0. The molecule has 1 aliphatic heterocycles. The lowest BCUT2D eigenvalue weighted by molar-refractivity contribution is -0.132. The van der Waals surface area contributed by atoms with Crippen LogP contribution in [0.5, 0.6) is 0 Å². The van der Waals surface area contributed by atoms with E-state index in [1.54, 1.807) is 0 Å². The number of anilines is 2. The number of amides is 1. The average Bonchev–Trinajstić information content (AvgIpc) is 3.60. The van der Waals surface area contributed by atoms with Crippen molar-refractivity contribution in [1.29, 1.82) is 0 Å². The van der Waals surface area contributed by atoms with Gasteiger partial charge in [-0.05, 0) is 102 Å². The summed E-state index contributed by atoms with van der Waals surface area (Å²) in [6.45, 7) is 8.10. The molecule has 1 aromatic carbocycles. The van der Waals surface area contributed by atoms with Gasteiger partial charge in [0.15, 0.2) is 0 Å². The Morgan fingerprint density at radius 1 is 0.837 bits per heavy atom. The van der Waals surface area contributed by atoms with Gasteiger partial charge in [0, 0.05) is 43.5 Å². The summed E-state index contributed by atoms with van der Waals surface area (Å²) in [4.78, 5) is 24.5. The number of piperidine rings is 1. The Bertz CT molecular complexity index is 1370. The molecular weight excluding hydrogens is 633 g/mol. The van der Waals surface area contributed by atoms with Crippen LogP contribution in [-0.4, -0.2) is 99.8 Å². The topological polar surface area (TPSA) is 137 Å². The minimum atomic E-state index is 0.255. The number of fused-ring (bicyclic) bond motifs is 1. The zero-order valence-corrected chi connectivity index (χ0v) is 30.6. The van der Waals surface area contributed by atoms with E-state index >= 15 is 0 Å². The van der Waals surface area contributed by atoms with Gasteiger partial charge in [0.05, 0.1) is 18.3 Å². The normalized spacial score (nSPS) is 16.0. The van der Waals surface area contributed by atoms with Crippen molar-refractivity contribution in [1.82, 2.24) is 45.8 Å². The van der Waals surface area contributed by atoms with Crippen molar-refractivity contribution in [2.75, 3.05) is 62.6 Å². The number of unbranched alkanes of at least 4 members (excludes halogenated alkanes) is 2. The molecule has 3 aromatic rings. The van der Waals surface area contributed by atoms with E-state index in [0.717, 1.165) is 126 Å². The summed E-state index contributed by atoms with van der Waals surface area (Å²) in [5, 5.41) is 27.4. The van der Waals surface area contributed by atoms with Crippen LogP contribution in [0.3, 0.4) is 0 Å². The van der Waals surface area contributed by atoms with Crippen LogP contribution in [0, 0.1) is 0 Å². The first-order valence-electron chi connectivity index (χ1n) is 19.0. The van der Waals surface area contributed by atoms with Gasteiger partial charge in [-0.25, -0.2) is 4.98 Å². The highest BCUT2D eigenvalue weighted by Crippen LogP contribution is 2.25. The second-order valence-corrected chi connectivity index (χ2v) is 14.2. The number of nitrogens with one attached hydrogen (secondary N) is 5. The molecule has 5 rings (SSSR count). The van der Waals surface area contributed by atoms with E-state index in [9.17, 15) is 4.79 Å². The van der Waals surface area contributed by atoms with E-state index in [2.05, 4.69) is 52.2 Å². The zero-order valence-electron chi connectivity index (χ0n) is 29.5. The number of likely N-dealkylation sites (tertiary alicyclic amines) is 1. The molecule has 1 aliphatic carbocycles. The third-order valence-corrected chi connectivity index (χ3v) is 9.97. The van der Waals surface area contributed by atoms with Crippen LogP contribution in [0.4, 0.5) is 11.8 Å². The second kappa shape index (κ2) is 21.3. The largest absolute Gasteiger partial charge is 0.367 e. The maximum absolute atomic E-state index is 12.8. The molecule has 0 bridgehead atoms. The number of hydrogen-bond acceptors (Lipinski definition) is 10. The molecule has 49 heavy (non-hydrogen) atoms. The van der Waals surface area contributed by atoms with Crippen molar-refractivity contribution in [2.24, 2.45) is 0 Å². The number of nitrogens with zero attached hydrogens (tertiary/aromatic N) is 6. The van der Waals surface area contributed by atoms with E-state index in [-0.39, 0.29) is 11.9 Å². The molecule has 1 saturated heterocycles. The third-order valence-electron chi connectivity index (χ3n) is 9.68. The molecular formula is C36H60N11OP. The molecule has 1 atom stereocenters. The van der Waals surface area contributed by atoms with Crippen molar-refractivity contribution in [3.63, 3.8) is 0 Å². The predicted molar refractivity (Wildman–Crippen MR) is 203 cm³/mol. The maximum atomic E-state index is 12.8. The Morgan fingerprint density at radius 3 is 2.49 bits per heavy atom. The van der Waals surface area contributed by atoms with Crippen molar-refractivity contribution < 1.29 is 4.79 Å². The smallest absolute Gasteiger partial charge is 0.225 e. The van der Waals surface area contributed by atoms with E-state index in [1.165, 1.54) is 38.5 Å². The highest BCUT2D eigenvalue weighted by Gasteiger charge is 2.23.